The normalized spacial score (nSPS) is 29.9. The van der Waals surface area contributed by atoms with Crippen LogP contribution in [-0.2, 0) is 0 Å². The van der Waals surface area contributed by atoms with E-state index in [1.807, 2.05) is 18.2 Å². The predicted molar refractivity (Wildman–Crippen MR) is 100 cm³/mol. The molecule has 2 bridgehead atoms. The molecule has 0 amide bonds. The molecule has 1 aliphatic heterocycles. The summed E-state index contributed by atoms with van der Waals surface area (Å²) in [5, 5.41) is 5.43. The van der Waals surface area contributed by atoms with Crippen molar-refractivity contribution >= 4 is 34.6 Å². The lowest BCUT2D eigenvalue weighted by Gasteiger charge is -2.38. The van der Waals surface area contributed by atoms with Crippen LogP contribution in [0.4, 0.5) is 5.69 Å². The molecule has 124 valence electrons. The number of hydrogen-bond donors (Lipinski definition) is 1. The molecule has 1 saturated heterocycles. The van der Waals surface area contributed by atoms with Crippen molar-refractivity contribution in [2.75, 3.05) is 31.1 Å². The number of nitrogens with zero attached hydrogens (tertiary/aromatic N) is 2. The Morgan fingerprint density at radius 2 is 1.96 bits per heavy atom. The van der Waals surface area contributed by atoms with Gasteiger partial charge in [-0.15, -0.1) is 0 Å². The lowest BCUT2D eigenvalue weighted by molar-refractivity contribution is 0.345. The summed E-state index contributed by atoms with van der Waals surface area (Å²) in [5.74, 6) is 1.82. The van der Waals surface area contributed by atoms with Gasteiger partial charge in [0.25, 0.3) is 0 Å². The van der Waals surface area contributed by atoms with Gasteiger partial charge in [0, 0.05) is 42.9 Å². The Morgan fingerprint density at radius 3 is 2.61 bits per heavy atom. The summed E-state index contributed by atoms with van der Waals surface area (Å²) >= 11 is 11.8. The van der Waals surface area contributed by atoms with E-state index in [0.717, 1.165) is 48.1 Å². The molecule has 1 aromatic carbocycles. The smallest absolute Gasteiger partial charge is 0.169 e. The molecule has 0 spiro atoms. The van der Waals surface area contributed by atoms with E-state index >= 15 is 0 Å². The second-order valence-corrected chi connectivity index (χ2v) is 8.01. The van der Waals surface area contributed by atoms with Crippen LogP contribution in [0.3, 0.4) is 0 Å². The van der Waals surface area contributed by atoms with Crippen LogP contribution >= 0.6 is 23.8 Å². The molecule has 3 atom stereocenters. The van der Waals surface area contributed by atoms with E-state index in [9.17, 15) is 0 Å². The first kappa shape index (κ1) is 15.5. The number of thiocarbonyl (C=S) groups is 1. The Morgan fingerprint density at radius 1 is 1.13 bits per heavy atom. The van der Waals surface area contributed by atoms with Gasteiger partial charge in [0.1, 0.15) is 0 Å². The Balaban J connectivity index is 1.30. The van der Waals surface area contributed by atoms with Crippen LogP contribution < -0.4 is 10.2 Å². The number of halogens is 1. The van der Waals surface area contributed by atoms with Gasteiger partial charge in [-0.2, -0.15) is 0 Å². The van der Waals surface area contributed by atoms with Crippen LogP contribution in [0, 0.1) is 11.8 Å². The molecule has 1 aromatic rings. The van der Waals surface area contributed by atoms with Crippen LogP contribution in [0.25, 0.3) is 0 Å². The Kier molecular flexibility index (Phi) is 4.37. The number of piperazine rings is 1. The Hall–Kier alpha value is -1.00. The fourth-order valence-corrected chi connectivity index (χ4v) is 5.03. The summed E-state index contributed by atoms with van der Waals surface area (Å²) in [5.41, 5.74) is 1.21. The topological polar surface area (TPSA) is 18.5 Å². The zero-order chi connectivity index (χ0) is 15.8. The predicted octanol–water partition coefficient (Wildman–Crippen LogP) is 3.53. The zero-order valence-corrected chi connectivity index (χ0v) is 15.0. The molecule has 3 fully saturated rings. The Bertz CT molecular complexity index is 585. The minimum Gasteiger partial charge on any atom is -0.368 e. The first-order chi connectivity index (χ1) is 11.2. The number of benzene rings is 1. The highest BCUT2D eigenvalue weighted by molar-refractivity contribution is 7.80. The van der Waals surface area contributed by atoms with Crippen molar-refractivity contribution in [3.63, 3.8) is 0 Å². The first-order valence-electron chi connectivity index (χ1n) is 8.75. The molecule has 1 N–H and O–H groups in total. The molecule has 3 nitrogen and oxygen atoms in total. The number of hydrogen-bond acceptors (Lipinski definition) is 2. The van der Waals surface area contributed by atoms with Crippen LogP contribution in [0.1, 0.15) is 25.7 Å². The number of anilines is 1. The van der Waals surface area contributed by atoms with Crippen LogP contribution in [-0.4, -0.2) is 42.2 Å². The molecule has 0 radical (unpaired) electrons. The fraction of sp³-hybridized carbons (Fsp3) is 0.611. The van der Waals surface area contributed by atoms with Crippen molar-refractivity contribution in [1.29, 1.82) is 0 Å². The van der Waals surface area contributed by atoms with Gasteiger partial charge in [-0.3, -0.25) is 0 Å². The summed E-state index contributed by atoms with van der Waals surface area (Å²) in [6.45, 7) is 3.97. The molecule has 4 rings (SSSR count). The fourth-order valence-electron chi connectivity index (χ4n) is 4.51. The van der Waals surface area contributed by atoms with Crippen molar-refractivity contribution < 1.29 is 0 Å². The summed E-state index contributed by atoms with van der Waals surface area (Å²) in [6.07, 6.45) is 5.58. The number of rotatable bonds is 2. The molecule has 0 unspecified atom stereocenters. The van der Waals surface area contributed by atoms with E-state index in [4.69, 9.17) is 23.8 Å². The van der Waals surface area contributed by atoms with Gasteiger partial charge in [0.05, 0.1) is 0 Å². The molecule has 2 aliphatic carbocycles. The molecule has 1 heterocycles. The van der Waals surface area contributed by atoms with Gasteiger partial charge in [-0.05, 0) is 61.5 Å². The standard InChI is InChI=1S/C18H24ClN3S/c19-15-2-1-3-16(12-15)21-6-8-22(9-7-21)18(23)20-17-11-13-4-5-14(17)10-13/h1-3,12-14,17H,4-11H2,(H,20,23)/t13-,14-,17+/m0/s1. The highest BCUT2D eigenvalue weighted by atomic mass is 35.5. The summed E-state index contributed by atoms with van der Waals surface area (Å²) in [7, 11) is 0. The highest BCUT2D eigenvalue weighted by Crippen LogP contribution is 2.44. The minimum absolute atomic E-state index is 0.632. The maximum Gasteiger partial charge on any atom is 0.169 e. The largest absolute Gasteiger partial charge is 0.368 e. The SMILES string of the molecule is S=C(N[C@@H]1C[C@H]2CC[C@H]1C2)N1CCN(c2cccc(Cl)c2)CC1. The van der Waals surface area contributed by atoms with E-state index in [0.29, 0.717) is 6.04 Å². The van der Waals surface area contributed by atoms with Crippen LogP contribution in [0.2, 0.25) is 5.02 Å². The molecule has 23 heavy (non-hydrogen) atoms. The van der Waals surface area contributed by atoms with E-state index < -0.39 is 0 Å². The average molecular weight is 350 g/mol. The molecule has 0 aromatic heterocycles. The van der Waals surface area contributed by atoms with Crippen molar-refractivity contribution in [1.82, 2.24) is 10.2 Å². The number of nitrogens with one attached hydrogen (secondary N) is 1. The van der Waals surface area contributed by atoms with Gasteiger partial charge in [0.15, 0.2) is 5.11 Å². The quantitative estimate of drug-likeness (QED) is 0.823. The second-order valence-electron chi connectivity index (χ2n) is 7.18. The van der Waals surface area contributed by atoms with E-state index in [2.05, 4.69) is 21.2 Å². The van der Waals surface area contributed by atoms with Crippen molar-refractivity contribution in [3.8, 4) is 0 Å². The van der Waals surface area contributed by atoms with E-state index in [-0.39, 0.29) is 0 Å². The maximum absolute atomic E-state index is 6.10. The zero-order valence-electron chi connectivity index (χ0n) is 13.4. The summed E-state index contributed by atoms with van der Waals surface area (Å²) in [6, 6.07) is 8.75. The van der Waals surface area contributed by atoms with Gasteiger partial charge >= 0.3 is 0 Å². The lowest BCUT2D eigenvalue weighted by Crippen LogP contribution is -2.54. The van der Waals surface area contributed by atoms with Gasteiger partial charge in [-0.25, -0.2) is 0 Å². The van der Waals surface area contributed by atoms with Gasteiger partial charge in [0.2, 0.25) is 0 Å². The lowest BCUT2D eigenvalue weighted by atomic mass is 9.95. The summed E-state index contributed by atoms with van der Waals surface area (Å²) in [4.78, 5) is 4.73. The molecule has 5 heteroatoms. The Labute approximate surface area is 149 Å². The van der Waals surface area contributed by atoms with Gasteiger partial charge in [-0.1, -0.05) is 24.1 Å². The maximum atomic E-state index is 6.10. The third-order valence-corrected chi connectivity index (χ3v) is 6.40. The summed E-state index contributed by atoms with van der Waals surface area (Å²) < 4.78 is 0. The average Bonchev–Trinajstić information content (AvgIpc) is 3.18. The first-order valence-corrected chi connectivity index (χ1v) is 9.53. The van der Waals surface area contributed by atoms with E-state index in [1.54, 1.807) is 0 Å². The molecular weight excluding hydrogens is 326 g/mol. The van der Waals surface area contributed by atoms with Gasteiger partial charge < -0.3 is 15.1 Å². The monoisotopic (exact) mass is 349 g/mol. The second kappa shape index (κ2) is 6.48. The molecule has 3 aliphatic rings. The van der Waals surface area contributed by atoms with E-state index in [1.165, 1.54) is 31.4 Å². The third kappa shape index (κ3) is 3.29. The van der Waals surface area contributed by atoms with Crippen molar-refractivity contribution in [3.05, 3.63) is 29.3 Å². The third-order valence-electron chi connectivity index (χ3n) is 5.79. The minimum atomic E-state index is 0.632. The van der Waals surface area contributed by atoms with Crippen molar-refractivity contribution in [2.45, 2.75) is 31.7 Å². The van der Waals surface area contributed by atoms with Crippen LogP contribution in [0.15, 0.2) is 24.3 Å². The molecular formula is C18H24ClN3S. The highest BCUT2D eigenvalue weighted by Gasteiger charge is 2.40. The van der Waals surface area contributed by atoms with Crippen molar-refractivity contribution in [2.24, 2.45) is 11.8 Å². The van der Waals surface area contributed by atoms with Crippen LogP contribution in [0.5, 0.6) is 0 Å². The molecule has 2 saturated carbocycles. The number of fused-ring (bicyclic) bond motifs is 2.